The van der Waals surface area contributed by atoms with Gasteiger partial charge in [-0.15, -0.1) is 0 Å². The van der Waals surface area contributed by atoms with Gasteiger partial charge < -0.3 is 5.32 Å². The van der Waals surface area contributed by atoms with Crippen molar-refractivity contribution >= 4 is 46.4 Å². The van der Waals surface area contributed by atoms with Gasteiger partial charge >= 0.3 is 0 Å². The minimum Gasteiger partial charge on any atom is -0.323 e. The standard InChI is InChI=1S/C14H9Cl2N3O2/c15-9-5-8(6-17-13(9)16)14(21)19-7-12(20)18-10-3-1-2-4-11(10)19/h1-6H,7H2,(H,18,20). The molecule has 2 heterocycles. The Morgan fingerprint density at radius 1 is 1.29 bits per heavy atom. The fraction of sp³-hybridized carbons (Fsp3) is 0.0714. The molecule has 3 rings (SSSR count). The third-order valence-corrected chi connectivity index (χ3v) is 3.75. The normalized spacial score (nSPS) is 13.6. The number of fused-ring (bicyclic) bond motifs is 1. The molecule has 0 saturated carbocycles. The minimum atomic E-state index is -0.358. The molecule has 1 aromatic heterocycles. The van der Waals surface area contributed by atoms with Crippen LogP contribution in [-0.4, -0.2) is 23.3 Å². The minimum absolute atomic E-state index is 0.0594. The van der Waals surface area contributed by atoms with Gasteiger partial charge in [-0.3, -0.25) is 14.5 Å². The highest BCUT2D eigenvalue weighted by molar-refractivity contribution is 6.41. The first-order valence-corrected chi connectivity index (χ1v) is 6.83. The molecule has 7 heteroatoms. The second-order valence-corrected chi connectivity index (χ2v) is 5.22. The lowest BCUT2D eigenvalue weighted by atomic mass is 10.1. The summed E-state index contributed by atoms with van der Waals surface area (Å²) in [5.74, 6) is -0.613. The van der Waals surface area contributed by atoms with Crippen LogP contribution in [0, 0.1) is 0 Å². The summed E-state index contributed by atoms with van der Waals surface area (Å²) in [6, 6.07) is 8.52. The van der Waals surface area contributed by atoms with E-state index in [-0.39, 0.29) is 34.1 Å². The van der Waals surface area contributed by atoms with E-state index in [1.54, 1.807) is 24.3 Å². The van der Waals surface area contributed by atoms with E-state index in [1.807, 2.05) is 0 Å². The van der Waals surface area contributed by atoms with Gasteiger partial charge in [0.05, 0.1) is 22.0 Å². The first kappa shape index (κ1) is 13.9. The number of carbonyl (C=O) groups is 2. The van der Waals surface area contributed by atoms with Crippen LogP contribution in [0.5, 0.6) is 0 Å². The summed E-state index contributed by atoms with van der Waals surface area (Å²) in [7, 11) is 0. The predicted octanol–water partition coefficient (Wildman–Crippen LogP) is 2.99. The van der Waals surface area contributed by atoms with Gasteiger partial charge in [-0.2, -0.15) is 0 Å². The van der Waals surface area contributed by atoms with Crippen molar-refractivity contribution in [2.24, 2.45) is 0 Å². The molecule has 5 nitrogen and oxygen atoms in total. The van der Waals surface area contributed by atoms with Crippen molar-refractivity contribution in [3.05, 3.63) is 52.3 Å². The molecule has 0 spiro atoms. The number of rotatable bonds is 1. The van der Waals surface area contributed by atoms with E-state index in [9.17, 15) is 9.59 Å². The van der Waals surface area contributed by atoms with Crippen molar-refractivity contribution in [2.75, 3.05) is 16.8 Å². The van der Waals surface area contributed by atoms with Crippen LogP contribution in [0.4, 0.5) is 11.4 Å². The summed E-state index contributed by atoms with van der Waals surface area (Å²) >= 11 is 11.6. The van der Waals surface area contributed by atoms with E-state index in [0.717, 1.165) is 0 Å². The summed E-state index contributed by atoms with van der Waals surface area (Å²) in [4.78, 5) is 29.5. The lowest BCUT2D eigenvalue weighted by Crippen LogP contribution is -2.42. The summed E-state index contributed by atoms with van der Waals surface area (Å²) < 4.78 is 0. The number of pyridine rings is 1. The van der Waals surface area contributed by atoms with Crippen LogP contribution >= 0.6 is 23.2 Å². The molecule has 1 N–H and O–H groups in total. The number of carbonyl (C=O) groups excluding carboxylic acids is 2. The Morgan fingerprint density at radius 3 is 2.81 bits per heavy atom. The molecule has 0 saturated heterocycles. The average molecular weight is 322 g/mol. The van der Waals surface area contributed by atoms with Crippen LogP contribution in [0.3, 0.4) is 0 Å². The van der Waals surface area contributed by atoms with Gasteiger partial charge in [0, 0.05) is 6.20 Å². The van der Waals surface area contributed by atoms with Gasteiger partial charge in [-0.1, -0.05) is 35.3 Å². The third-order valence-electron chi connectivity index (χ3n) is 3.06. The highest BCUT2D eigenvalue weighted by Crippen LogP contribution is 2.30. The summed E-state index contributed by atoms with van der Waals surface area (Å²) in [6.45, 7) is -0.0594. The number of halogens is 2. The molecule has 0 unspecified atom stereocenters. The monoisotopic (exact) mass is 321 g/mol. The van der Waals surface area contributed by atoms with Gasteiger partial charge in [-0.05, 0) is 18.2 Å². The second-order valence-electron chi connectivity index (χ2n) is 4.45. The largest absolute Gasteiger partial charge is 0.323 e. The van der Waals surface area contributed by atoms with Gasteiger partial charge in [0.15, 0.2) is 0 Å². The highest BCUT2D eigenvalue weighted by atomic mass is 35.5. The van der Waals surface area contributed by atoms with E-state index in [2.05, 4.69) is 10.3 Å². The van der Waals surface area contributed by atoms with Gasteiger partial charge in [0.2, 0.25) is 5.91 Å². The van der Waals surface area contributed by atoms with Gasteiger partial charge in [0.1, 0.15) is 11.7 Å². The predicted molar refractivity (Wildman–Crippen MR) is 81.0 cm³/mol. The molecular formula is C14H9Cl2N3O2. The quantitative estimate of drug-likeness (QED) is 0.821. The average Bonchev–Trinajstić information content (AvgIpc) is 2.48. The fourth-order valence-corrected chi connectivity index (χ4v) is 2.38. The fourth-order valence-electron chi connectivity index (χ4n) is 2.11. The Labute approximate surface area is 130 Å². The zero-order valence-electron chi connectivity index (χ0n) is 10.6. The zero-order chi connectivity index (χ0) is 15.0. The number of anilines is 2. The Kier molecular flexibility index (Phi) is 3.53. The van der Waals surface area contributed by atoms with E-state index >= 15 is 0 Å². The summed E-state index contributed by atoms with van der Waals surface area (Å²) in [6.07, 6.45) is 1.34. The SMILES string of the molecule is O=C1CN(C(=O)c2cnc(Cl)c(Cl)c2)c2ccccc2N1. The van der Waals surface area contributed by atoms with Crippen molar-refractivity contribution < 1.29 is 9.59 Å². The topological polar surface area (TPSA) is 62.3 Å². The molecule has 21 heavy (non-hydrogen) atoms. The van der Waals surface area contributed by atoms with Crippen LogP contribution < -0.4 is 10.2 Å². The molecule has 1 aliphatic rings. The van der Waals surface area contributed by atoms with E-state index < -0.39 is 0 Å². The van der Waals surface area contributed by atoms with Crippen molar-refractivity contribution in [3.8, 4) is 0 Å². The number of hydrogen-bond acceptors (Lipinski definition) is 3. The van der Waals surface area contributed by atoms with E-state index in [4.69, 9.17) is 23.2 Å². The zero-order valence-corrected chi connectivity index (χ0v) is 12.1. The number of benzene rings is 1. The van der Waals surface area contributed by atoms with Crippen molar-refractivity contribution in [1.82, 2.24) is 4.98 Å². The third kappa shape index (κ3) is 2.57. The van der Waals surface area contributed by atoms with E-state index in [0.29, 0.717) is 11.4 Å². The molecule has 0 fully saturated rings. The Bertz CT molecular complexity index is 749. The molecule has 0 bridgehead atoms. The maximum absolute atomic E-state index is 12.6. The van der Waals surface area contributed by atoms with Gasteiger partial charge in [-0.25, -0.2) is 4.98 Å². The van der Waals surface area contributed by atoms with E-state index in [1.165, 1.54) is 17.2 Å². The lowest BCUT2D eigenvalue weighted by Gasteiger charge is -2.29. The molecule has 0 radical (unpaired) electrons. The molecule has 0 aliphatic carbocycles. The van der Waals surface area contributed by atoms with Crippen LogP contribution in [-0.2, 0) is 4.79 Å². The molecule has 2 amide bonds. The van der Waals surface area contributed by atoms with Crippen molar-refractivity contribution in [3.63, 3.8) is 0 Å². The molecule has 106 valence electrons. The van der Waals surface area contributed by atoms with Crippen LogP contribution in [0.25, 0.3) is 0 Å². The molecular weight excluding hydrogens is 313 g/mol. The summed E-state index contributed by atoms with van der Waals surface area (Å²) in [5, 5.41) is 3.04. The second kappa shape index (κ2) is 5.35. The lowest BCUT2D eigenvalue weighted by molar-refractivity contribution is -0.115. The first-order chi connectivity index (χ1) is 10.1. The number of para-hydroxylation sites is 2. The summed E-state index contributed by atoms with van der Waals surface area (Å²) in [5.41, 5.74) is 1.50. The highest BCUT2D eigenvalue weighted by Gasteiger charge is 2.27. The number of hydrogen-bond donors (Lipinski definition) is 1. The van der Waals surface area contributed by atoms with Crippen LogP contribution in [0.15, 0.2) is 36.5 Å². The molecule has 1 aliphatic heterocycles. The maximum Gasteiger partial charge on any atom is 0.260 e. The van der Waals surface area contributed by atoms with Gasteiger partial charge in [0.25, 0.3) is 5.91 Å². The number of nitrogens with one attached hydrogen (secondary N) is 1. The van der Waals surface area contributed by atoms with Crippen LogP contribution in [0.2, 0.25) is 10.2 Å². The Hall–Kier alpha value is -2.11. The number of aromatic nitrogens is 1. The molecule has 2 aromatic rings. The maximum atomic E-state index is 12.6. The molecule has 1 aromatic carbocycles. The number of amides is 2. The Morgan fingerprint density at radius 2 is 2.05 bits per heavy atom. The number of nitrogens with zero attached hydrogens (tertiary/aromatic N) is 2. The molecule has 0 atom stereocenters. The van der Waals surface area contributed by atoms with Crippen LogP contribution in [0.1, 0.15) is 10.4 Å². The smallest absolute Gasteiger partial charge is 0.260 e. The first-order valence-electron chi connectivity index (χ1n) is 6.08. The Balaban J connectivity index is 2.01. The van der Waals surface area contributed by atoms with Crippen molar-refractivity contribution in [2.45, 2.75) is 0 Å². The van der Waals surface area contributed by atoms with Crippen molar-refractivity contribution in [1.29, 1.82) is 0 Å².